The number of ether oxygens (including phenoxy) is 1. The van der Waals surface area contributed by atoms with E-state index in [1.165, 1.54) is 17.5 Å². The number of aromatic amines is 1. The number of rotatable bonds is 4. The van der Waals surface area contributed by atoms with Crippen LogP contribution in [0.3, 0.4) is 0 Å². The molecule has 2 aromatic rings. The maximum atomic E-state index is 11.6. The minimum Gasteiger partial charge on any atom is -0.484 e. The van der Waals surface area contributed by atoms with E-state index in [9.17, 15) is 4.79 Å². The lowest BCUT2D eigenvalue weighted by atomic mass is 10.1. The Labute approximate surface area is 111 Å². The van der Waals surface area contributed by atoms with Gasteiger partial charge in [0.2, 0.25) is 0 Å². The third-order valence-corrected chi connectivity index (χ3v) is 3.22. The van der Waals surface area contributed by atoms with Crippen molar-refractivity contribution < 1.29 is 9.53 Å². The molecule has 1 heterocycles. The van der Waals surface area contributed by atoms with E-state index < -0.39 is 0 Å². The van der Waals surface area contributed by atoms with Crippen LogP contribution in [-0.4, -0.2) is 22.7 Å². The molecule has 0 saturated carbocycles. The molecular weight excluding hydrogens is 242 g/mol. The van der Waals surface area contributed by atoms with Crippen molar-refractivity contribution in [2.24, 2.45) is 0 Å². The first kappa shape index (κ1) is 11.8. The van der Waals surface area contributed by atoms with Gasteiger partial charge in [-0.3, -0.25) is 9.89 Å². The lowest BCUT2D eigenvalue weighted by Gasteiger charge is -2.08. The van der Waals surface area contributed by atoms with Gasteiger partial charge in [0.25, 0.3) is 5.91 Å². The molecule has 5 heteroatoms. The molecular formula is C14H15N3O2. The number of nitrogens with zero attached hydrogens (tertiary/aromatic N) is 1. The van der Waals surface area contributed by atoms with Crippen LogP contribution in [0, 0.1) is 0 Å². The number of H-pyrrole nitrogens is 1. The Bertz CT molecular complexity index is 578. The third-order valence-electron chi connectivity index (χ3n) is 3.22. The zero-order valence-electron chi connectivity index (χ0n) is 10.5. The highest BCUT2D eigenvalue weighted by Gasteiger charge is 2.11. The van der Waals surface area contributed by atoms with Crippen LogP contribution in [-0.2, 0) is 17.6 Å². The second-order valence-electron chi connectivity index (χ2n) is 4.61. The van der Waals surface area contributed by atoms with Gasteiger partial charge < -0.3 is 10.1 Å². The highest BCUT2D eigenvalue weighted by atomic mass is 16.5. The molecule has 0 aliphatic heterocycles. The van der Waals surface area contributed by atoms with E-state index in [4.69, 9.17) is 4.74 Å². The predicted molar refractivity (Wildman–Crippen MR) is 71.2 cm³/mol. The third kappa shape index (κ3) is 2.76. The van der Waals surface area contributed by atoms with Crippen LogP contribution in [0.4, 0.5) is 5.69 Å². The van der Waals surface area contributed by atoms with Crippen LogP contribution in [0.15, 0.2) is 30.6 Å². The van der Waals surface area contributed by atoms with Crippen molar-refractivity contribution in [2.45, 2.75) is 19.3 Å². The van der Waals surface area contributed by atoms with E-state index in [2.05, 4.69) is 21.6 Å². The molecule has 98 valence electrons. The largest absolute Gasteiger partial charge is 0.484 e. The molecule has 0 saturated heterocycles. The average Bonchev–Trinajstić information content (AvgIpc) is 3.06. The molecule has 2 N–H and O–H groups in total. The number of nitrogens with one attached hydrogen (secondary N) is 2. The quantitative estimate of drug-likeness (QED) is 0.879. The van der Waals surface area contributed by atoms with Gasteiger partial charge in [-0.05, 0) is 42.5 Å². The van der Waals surface area contributed by atoms with E-state index >= 15 is 0 Å². The summed E-state index contributed by atoms with van der Waals surface area (Å²) in [5.74, 6) is 0.560. The molecule has 1 amide bonds. The molecule has 1 aliphatic carbocycles. The van der Waals surface area contributed by atoms with Gasteiger partial charge in [0, 0.05) is 6.20 Å². The van der Waals surface area contributed by atoms with Crippen LogP contribution < -0.4 is 10.1 Å². The normalized spacial score (nSPS) is 13.1. The van der Waals surface area contributed by atoms with Gasteiger partial charge in [-0.2, -0.15) is 5.10 Å². The number of anilines is 1. The molecule has 19 heavy (non-hydrogen) atoms. The lowest BCUT2D eigenvalue weighted by Crippen LogP contribution is -2.19. The SMILES string of the molecule is O=C(COc1ccc2c(c1)CCC2)Nc1cn[nH]c1. The monoisotopic (exact) mass is 257 g/mol. The van der Waals surface area contributed by atoms with Gasteiger partial charge >= 0.3 is 0 Å². The summed E-state index contributed by atoms with van der Waals surface area (Å²) < 4.78 is 5.50. The van der Waals surface area contributed by atoms with Gasteiger partial charge in [-0.15, -0.1) is 0 Å². The zero-order valence-corrected chi connectivity index (χ0v) is 10.5. The Hall–Kier alpha value is -2.30. The first-order valence-corrected chi connectivity index (χ1v) is 6.34. The van der Waals surface area contributed by atoms with Crippen LogP contribution in [0.25, 0.3) is 0 Å². The van der Waals surface area contributed by atoms with Crippen molar-refractivity contribution in [3.63, 3.8) is 0 Å². The summed E-state index contributed by atoms with van der Waals surface area (Å²) in [6, 6.07) is 6.05. The van der Waals surface area contributed by atoms with Gasteiger partial charge in [-0.25, -0.2) is 0 Å². The molecule has 1 aromatic heterocycles. The smallest absolute Gasteiger partial charge is 0.262 e. The number of carbonyl (C=O) groups is 1. The van der Waals surface area contributed by atoms with Crippen molar-refractivity contribution >= 4 is 11.6 Å². The molecule has 0 bridgehead atoms. The van der Waals surface area contributed by atoms with Crippen LogP contribution in [0.5, 0.6) is 5.75 Å². The second kappa shape index (κ2) is 5.14. The topological polar surface area (TPSA) is 67.0 Å². The van der Waals surface area contributed by atoms with Crippen molar-refractivity contribution in [2.75, 3.05) is 11.9 Å². The lowest BCUT2D eigenvalue weighted by molar-refractivity contribution is -0.118. The number of carbonyl (C=O) groups excluding carboxylic acids is 1. The van der Waals surface area contributed by atoms with Gasteiger partial charge in [0.15, 0.2) is 6.61 Å². The maximum Gasteiger partial charge on any atom is 0.262 e. The first-order valence-electron chi connectivity index (χ1n) is 6.34. The Morgan fingerprint density at radius 3 is 3.11 bits per heavy atom. The molecule has 0 spiro atoms. The Kier molecular flexibility index (Phi) is 3.18. The summed E-state index contributed by atoms with van der Waals surface area (Å²) in [5.41, 5.74) is 3.38. The molecule has 0 unspecified atom stereocenters. The fraction of sp³-hybridized carbons (Fsp3) is 0.286. The van der Waals surface area contributed by atoms with Crippen LogP contribution in [0.2, 0.25) is 0 Å². The van der Waals surface area contributed by atoms with Gasteiger partial charge in [0.05, 0.1) is 11.9 Å². The summed E-state index contributed by atoms with van der Waals surface area (Å²) >= 11 is 0. The molecule has 5 nitrogen and oxygen atoms in total. The maximum absolute atomic E-state index is 11.6. The van der Waals surface area contributed by atoms with E-state index in [1.54, 1.807) is 12.4 Å². The average molecular weight is 257 g/mol. The summed E-state index contributed by atoms with van der Waals surface area (Å²) in [6.45, 7) is 0.00394. The minimum atomic E-state index is -0.193. The van der Waals surface area contributed by atoms with Crippen LogP contribution >= 0.6 is 0 Å². The number of hydrogen-bond acceptors (Lipinski definition) is 3. The molecule has 0 radical (unpaired) electrons. The Morgan fingerprint density at radius 2 is 2.26 bits per heavy atom. The Balaban J connectivity index is 1.56. The highest BCUT2D eigenvalue weighted by Crippen LogP contribution is 2.25. The number of hydrogen-bond donors (Lipinski definition) is 2. The molecule has 0 atom stereocenters. The van der Waals surface area contributed by atoms with Crippen LogP contribution in [0.1, 0.15) is 17.5 Å². The fourth-order valence-corrected chi connectivity index (χ4v) is 2.30. The van der Waals surface area contributed by atoms with Crippen molar-refractivity contribution in [3.05, 3.63) is 41.7 Å². The molecule has 1 aliphatic rings. The number of benzene rings is 1. The number of amides is 1. The summed E-state index contributed by atoms with van der Waals surface area (Å²) in [7, 11) is 0. The van der Waals surface area contributed by atoms with Gasteiger partial charge in [0.1, 0.15) is 5.75 Å². The van der Waals surface area contributed by atoms with E-state index in [-0.39, 0.29) is 12.5 Å². The van der Waals surface area contributed by atoms with Crippen molar-refractivity contribution in [1.82, 2.24) is 10.2 Å². The Morgan fingerprint density at radius 1 is 1.37 bits per heavy atom. The number of aromatic nitrogens is 2. The highest BCUT2D eigenvalue weighted by molar-refractivity contribution is 5.91. The van der Waals surface area contributed by atoms with E-state index in [0.717, 1.165) is 18.6 Å². The number of fused-ring (bicyclic) bond motifs is 1. The number of aryl methyl sites for hydroxylation is 2. The predicted octanol–water partition coefficient (Wildman–Crippen LogP) is 1.92. The summed E-state index contributed by atoms with van der Waals surface area (Å²) in [4.78, 5) is 11.6. The zero-order chi connectivity index (χ0) is 13.1. The summed E-state index contributed by atoms with van der Waals surface area (Å²) in [6.07, 6.45) is 6.63. The van der Waals surface area contributed by atoms with E-state index in [0.29, 0.717) is 5.69 Å². The fourth-order valence-electron chi connectivity index (χ4n) is 2.30. The summed E-state index contributed by atoms with van der Waals surface area (Å²) in [5, 5.41) is 9.07. The van der Waals surface area contributed by atoms with Crippen molar-refractivity contribution in [1.29, 1.82) is 0 Å². The first-order chi connectivity index (χ1) is 9.31. The minimum absolute atomic E-state index is 0.00394. The molecule has 0 fully saturated rings. The molecule has 3 rings (SSSR count). The molecule has 1 aromatic carbocycles. The van der Waals surface area contributed by atoms with E-state index in [1.807, 2.05) is 12.1 Å². The van der Waals surface area contributed by atoms with Gasteiger partial charge in [-0.1, -0.05) is 6.07 Å². The second-order valence-corrected chi connectivity index (χ2v) is 4.61. The standard InChI is InChI=1S/C14H15N3O2/c18-14(17-12-7-15-16-8-12)9-19-13-5-4-10-2-1-3-11(10)6-13/h4-8H,1-3,9H2,(H,15,16)(H,17,18). The van der Waals surface area contributed by atoms with Crippen molar-refractivity contribution in [3.8, 4) is 5.75 Å².